The van der Waals surface area contributed by atoms with Gasteiger partial charge in [-0.05, 0) is 24.7 Å². The van der Waals surface area contributed by atoms with Gasteiger partial charge in [0, 0.05) is 19.2 Å². The lowest BCUT2D eigenvalue weighted by Crippen LogP contribution is -2.28. The second kappa shape index (κ2) is 7.53. The standard InChI is InChI=1S/C14H25ClN4/c1-10(2)5-7-19(8-6-11(3)4)13-9-12(15)17-14(16)18-13/h9-11H,5-8H2,1-4H3,(H2,16,17,18). The first-order valence-corrected chi connectivity index (χ1v) is 7.31. The van der Waals surface area contributed by atoms with Gasteiger partial charge in [-0.2, -0.15) is 4.98 Å². The zero-order chi connectivity index (χ0) is 14.4. The number of nitrogen functional groups attached to an aromatic ring is 1. The maximum absolute atomic E-state index is 5.96. The van der Waals surface area contributed by atoms with E-state index in [4.69, 9.17) is 17.3 Å². The third-order valence-electron chi connectivity index (χ3n) is 2.98. The second-order valence-electron chi connectivity index (χ2n) is 5.76. The molecule has 0 spiro atoms. The molecule has 0 bridgehead atoms. The molecule has 1 aromatic heterocycles. The van der Waals surface area contributed by atoms with E-state index in [1.165, 1.54) is 0 Å². The van der Waals surface area contributed by atoms with Crippen LogP contribution < -0.4 is 10.6 Å². The summed E-state index contributed by atoms with van der Waals surface area (Å²) in [7, 11) is 0. The van der Waals surface area contributed by atoms with E-state index in [0.29, 0.717) is 17.0 Å². The average Bonchev–Trinajstić information content (AvgIpc) is 2.26. The van der Waals surface area contributed by atoms with Gasteiger partial charge in [-0.3, -0.25) is 0 Å². The van der Waals surface area contributed by atoms with Crippen molar-refractivity contribution in [3.63, 3.8) is 0 Å². The summed E-state index contributed by atoms with van der Waals surface area (Å²) < 4.78 is 0. The van der Waals surface area contributed by atoms with Crippen molar-refractivity contribution in [2.75, 3.05) is 23.7 Å². The molecule has 0 amide bonds. The van der Waals surface area contributed by atoms with Crippen molar-refractivity contribution in [1.29, 1.82) is 0 Å². The van der Waals surface area contributed by atoms with Crippen LogP contribution in [0.1, 0.15) is 40.5 Å². The van der Waals surface area contributed by atoms with Crippen molar-refractivity contribution >= 4 is 23.4 Å². The summed E-state index contributed by atoms with van der Waals surface area (Å²) in [5.74, 6) is 2.40. The Bertz CT molecular complexity index is 361. The van der Waals surface area contributed by atoms with Crippen LogP contribution in [0.15, 0.2) is 6.07 Å². The van der Waals surface area contributed by atoms with E-state index >= 15 is 0 Å². The minimum absolute atomic E-state index is 0.238. The summed E-state index contributed by atoms with van der Waals surface area (Å²) in [5, 5.41) is 0.404. The van der Waals surface area contributed by atoms with Crippen molar-refractivity contribution < 1.29 is 0 Å². The number of hydrogen-bond donors (Lipinski definition) is 1. The first-order valence-electron chi connectivity index (χ1n) is 6.93. The van der Waals surface area contributed by atoms with Gasteiger partial charge >= 0.3 is 0 Å². The van der Waals surface area contributed by atoms with Crippen LogP contribution in [0.3, 0.4) is 0 Å². The van der Waals surface area contributed by atoms with Crippen molar-refractivity contribution in [3.05, 3.63) is 11.2 Å². The van der Waals surface area contributed by atoms with Crippen LogP contribution in [-0.4, -0.2) is 23.1 Å². The number of nitrogens with two attached hydrogens (primary N) is 1. The number of halogens is 1. The molecule has 19 heavy (non-hydrogen) atoms. The summed E-state index contributed by atoms with van der Waals surface area (Å²) in [6.45, 7) is 10.8. The molecule has 1 rings (SSSR count). The molecule has 5 heteroatoms. The fourth-order valence-corrected chi connectivity index (χ4v) is 1.94. The van der Waals surface area contributed by atoms with Crippen molar-refractivity contribution in [1.82, 2.24) is 9.97 Å². The van der Waals surface area contributed by atoms with Crippen molar-refractivity contribution in [2.45, 2.75) is 40.5 Å². The zero-order valence-electron chi connectivity index (χ0n) is 12.4. The Morgan fingerprint density at radius 3 is 2.05 bits per heavy atom. The third-order valence-corrected chi connectivity index (χ3v) is 3.17. The molecular weight excluding hydrogens is 260 g/mol. The highest BCUT2D eigenvalue weighted by Crippen LogP contribution is 2.19. The Balaban J connectivity index is 2.80. The summed E-state index contributed by atoms with van der Waals surface area (Å²) in [4.78, 5) is 10.5. The number of rotatable bonds is 7. The van der Waals surface area contributed by atoms with Gasteiger partial charge in [0.25, 0.3) is 0 Å². The summed E-state index contributed by atoms with van der Waals surface area (Å²) in [5.41, 5.74) is 5.68. The number of aromatic nitrogens is 2. The summed E-state index contributed by atoms with van der Waals surface area (Å²) in [6, 6.07) is 1.79. The Kier molecular flexibility index (Phi) is 6.35. The number of nitrogens with zero attached hydrogens (tertiary/aromatic N) is 3. The molecule has 0 aliphatic carbocycles. The van der Waals surface area contributed by atoms with Gasteiger partial charge in [0.05, 0.1) is 0 Å². The molecule has 0 saturated heterocycles. The van der Waals surface area contributed by atoms with Crippen LogP contribution in [0.25, 0.3) is 0 Å². The van der Waals surface area contributed by atoms with Gasteiger partial charge in [0.1, 0.15) is 11.0 Å². The predicted octanol–water partition coefficient (Wildman–Crippen LogP) is 3.61. The Morgan fingerprint density at radius 2 is 1.63 bits per heavy atom. The summed E-state index contributed by atoms with van der Waals surface area (Å²) in [6.07, 6.45) is 2.25. The van der Waals surface area contributed by atoms with Gasteiger partial charge < -0.3 is 10.6 Å². The fourth-order valence-electron chi connectivity index (χ4n) is 1.75. The second-order valence-corrected chi connectivity index (χ2v) is 6.15. The maximum Gasteiger partial charge on any atom is 0.223 e. The highest BCUT2D eigenvalue weighted by Gasteiger charge is 2.12. The maximum atomic E-state index is 5.96. The molecular formula is C14H25ClN4. The highest BCUT2D eigenvalue weighted by atomic mass is 35.5. The highest BCUT2D eigenvalue weighted by molar-refractivity contribution is 6.29. The average molecular weight is 285 g/mol. The van der Waals surface area contributed by atoms with Gasteiger partial charge in [0.2, 0.25) is 5.95 Å². The predicted molar refractivity (Wildman–Crippen MR) is 82.6 cm³/mol. The topological polar surface area (TPSA) is 55.0 Å². The van der Waals surface area contributed by atoms with Crippen molar-refractivity contribution in [2.24, 2.45) is 11.8 Å². The Labute approximate surface area is 121 Å². The molecule has 4 nitrogen and oxygen atoms in total. The van der Waals surface area contributed by atoms with Crippen LogP contribution in [0.4, 0.5) is 11.8 Å². The van der Waals surface area contributed by atoms with E-state index in [-0.39, 0.29) is 5.95 Å². The molecule has 0 unspecified atom stereocenters. The largest absolute Gasteiger partial charge is 0.368 e. The molecule has 0 saturated carbocycles. The van der Waals surface area contributed by atoms with Gasteiger partial charge in [-0.15, -0.1) is 0 Å². The van der Waals surface area contributed by atoms with Crippen LogP contribution in [0, 0.1) is 11.8 Å². The van der Waals surface area contributed by atoms with Crippen LogP contribution >= 0.6 is 11.6 Å². The van der Waals surface area contributed by atoms with Gasteiger partial charge in [-0.25, -0.2) is 4.98 Å². The number of hydrogen-bond acceptors (Lipinski definition) is 4. The number of anilines is 2. The van der Waals surface area contributed by atoms with Crippen LogP contribution in [0.2, 0.25) is 5.15 Å². The van der Waals surface area contributed by atoms with E-state index in [0.717, 1.165) is 31.7 Å². The van der Waals surface area contributed by atoms with E-state index in [1.807, 2.05) is 0 Å². The van der Waals surface area contributed by atoms with Gasteiger partial charge in [0.15, 0.2) is 0 Å². The summed E-state index contributed by atoms with van der Waals surface area (Å²) >= 11 is 5.96. The minimum Gasteiger partial charge on any atom is -0.368 e. The lowest BCUT2D eigenvalue weighted by Gasteiger charge is -2.25. The molecule has 0 atom stereocenters. The normalized spacial score (nSPS) is 11.3. The lowest BCUT2D eigenvalue weighted by atomic mass is 10.1. The lowest BCUT2D eigenvalue weighted by molar-refractivity contribution is 0.533. The van der Waals surface area contributed by atoms with E-state index < -0.39 is 0 Å². The van der Waals surface area contributed by atoms with E-state index in [1.54, 1.807) is 6.07 Å². The quantitative estimate of drug-likeness (QED) is 0.777. The zero-order valence-corrected chi connectivity index (χ0v) is 13.1. The molecule has 0 fully saturated rings. The molecule has 0 aromatic carbocycles. The van der Waals surface area contributed by atoms with Crippen LogP contribution in [-0.2, 0) is 0 Å². The molecule has 0 aliphatic heterocycles. The molecule has 2 N–H and O–H groups in total. The van der Waals surface area contributed by atoms with E-state index in [9.17, 15) is 0 Å². The van der Waals surface area contributed by atoms with Gasteiger partial charge in [-0.1, -0.05) is 39.3 Å². The molecule has 108 valence electrons. The Morgan fingerprint density at radius 1 is 1.11 bits per heavy atom. The first kappa shape index (κ1) is 16.0. The first-order chi connectivity index (χ1) is 8.88. The fraction of sp³-hybridized carbons (Fsp3) is 0.714. The molecule has 0 aliphatic rings. The smallest absolute Gasteiger partial charge is 0.223 e. The molecule has 1 heterocycles. The molecule has 0 radical (unpaired) electrons. The third kappa shape index (κ3) is 6.10. The Hall–Kier alpha value is -1.03. The monoisotopic (exact) mass is 284 g/mol. The van der Waals surface area contributed by atoms with Crippen molar-refractivity contribution in [3.8, 4) is 0 Å². The van der Waals surface area contributed by atoms with E-state index in [2.05, 4.69) is 42.6 Å². The minimum atomic E-state index is 0.238. The molecule has 1 aromatic rings. The van der Waals surface area contributed by atoms with Crippen LogP contribution in [0.5, 0.6) is 0 Å². The SMILES string of the molecule is CC(C)CCN(CCC(C)C)c1cc(Cl)nc(N)n1.